The maximum atomic E-state index is 13.0. The Bertz CT molecular complexity index is 680. The van der Waals surface area contributed by atoms with Crippen LogP contribution in [0, 0.1) is 5.92 Å². The van der Waals surface area contributed by atoms with Crippen LogP contribution in [0.1, 0.15) is 63.5 Å². The molecule has 1 aromatic carbocycles. The summed E-state index contributed by atoms with van der Waals surface area (Å²) in [6.07, 6.45) is 7.34. The van der Waals surface area contributed by atoms with Gasteiger partial charge in [0.2, 0.25) is 11.8 Å². The van der Waals surface area contributed by atoms with Gasteiger partial charge in [-0.05, 0) is 55.9 Å². The molecule has 0 bridgehead atoms. The molecule has 2 heterocycles. The summed E-state index contributed by atoms with van der Waals surface area (Å²) < 4.78 is 0. The van der Waals surface area contributed by atoms with Crippen molar-refractivity contribution in [2.24, 2.45) is 5.92 Å². The number of hydrogen-bond acceptors (Lipinski definition) is 3. The molecule has 1 fully saturated rings. The molecule has 29 heavy (non-hydrogen) atoms. The molecular weight excluding hydrogens is 362 g/mol. The molecule has 2 aliphatic heterocycles. The second-order valence-corrected chi connectivity index (χ2v) is 9.01. The highest BCUT2D eigenvalue weighted by atomic mass is 16.2. The van der Waals surface area contributed by atoms with Crippen LogP contribution in [0.3, 0.4) is 0 Å². The second kappa shape index (κ2) is 10.8. The van der Waals surface area contributed by atoms with Crippen molar-refractivity contribution in [1.82, 2.24) is 15.1 Å². The van der Waals surface area contributed by atoms with Crippen LogP contribution in [0.5, 0.6) is 0 Å². The van der Waals surface area contributed by atoms with Crippen LogP contribution in [0.4, 0.5) is 0 Å². The highest BCUT2D eigenvalue weighted by molar-refractivity contribution is 5.88. The van der Waals surface area contributed by atoms with Crippen molar-refractivity contribution >= 4 is 11.8 Å². The average molecular weight is 400 g/mol. The van der Waals surface area contributed by atoms with Crippen molar-refractivity contribution in [3.05, 3.63) is 35.4 Å². The van der Waals surface area contributed by atoms with E-state index in [0.29, 0.717) is 25.9 Å². The van der Waals surface area contributed by atoms with Crippen LogP contribution in [0.2, 0.25) is 0 Å². The van der Waals surface area contributed by atoms with Gasteiger partial charge in [0.25, 0.3) is 0 Å². The zero-order valence-corrected chi connectivity index (χ0v) is 18.2. The lowest BCUT2D eigenvalue weighted by Crippen LogP contribution is -2.53. The predicted molar refractivity (Wildman–Crippen MR) is 116 cm³/mol. The lowest BCUT2D eigenvalue weighted by molar-refractivity contribution is -0.142. The minimum Gasteiger partial charge on any atom is -0.354 e. The van der Waals surface area contributed by atoms with E-state index in [-0.39, 0.29) is 17.7 Å². The molecular formula is C24H37N3O2. The Labute approximate surface area is 175 Å². The molecule has 0 aromatic heterocycles. The first kappa shape index (κ1) is 21.8. The normalized spacial score (nSPS) is 20.2. The quantitative estimate of drug-likeness (QED) is 0.715. The summed E-state index contributed by atoms with van der Waals surface area (Å²) in [5, 5.41) is 3.12. The first-order valence-corrected chi connectivity index (χ1v) is 11.4. The Morgan fingerprint density at radius 2 is 1.76 bits per heavy atom. The SMILES string of the molecule is CC(C)CC(=O)N1Cc2ccccc2CC1C(=O)NCCCN1CCCCCC1. The summed E-state index contributed by atoms with van der Waals surface area (Å²) in [6.45, 7) is 8.73. The highest BCUT2D eigenvalue weighted by Gasteiger charge is 2.34. The fourth-order valence-corrected chi connectivity index (χ4v) is 4.48. The van der Waals surface area contributed by atoms with Crippen LogP contribution in [0.25, 0.3) is 0 Å². The van der Waals surface area contributed by atoms with Crippen molar-refractivity contribution in [2.45, 2.75) is 71.4 Å². The molecule has 5 nitrogen and oxygen atoms in total. The summed E-state index contributed by atoms with van der Waals surface area (Å²) in [5.74, 6) is 0.365. The Hall–Kier alpha value is -1.88. The topological polar surface area (TPSA) is 52.7 Å². The van der Waals surface area contributed by atoms with E-state index >= 15 is 0 Å². The maximum Gasteiger partial charge on any atom is 0.243 e. The summed E-state index contributed by atoms with van der Waals surface area (Å²) in [5.41, 5.74) is 2.35. The van der Waals surface area contributed by atoms with Crippen molar-refractivity contribution < 1.29 is 9.59 Å². The van der Waals surface area contributed by atoms with E-state index in [9.17, 15) is 9.59 Å². The van der Waals surface area contributed by atoms with Crippen molar-refractivity contribution in [3.8, 4) is 0 Å². The van der Waals surface area contributed by atoms with Crippen molar-refractivity contribution in [3.63, 3.8) is 0 Å². The first-order chi connectivity index (χ1) is 14.0. The van der Waals surface area contributed by atoms with Crippen LogP contribution in [-0.2, 0) is 22.6 Å². The third kappa shape index (κ3) is 6.30. The fourth-order valence-electron chi connectivity index (χ4n) is 4.48. The molecule has 1 aromatic rings. The van der Waals surface area contributed by atoms with Gasteiger partial charge in [-0.3, -0.25) is 9.59 Å². The van der Waals surface area contributed by atoms with Gasteiger partial charge in [-0.1, -0.05) is 51.0 Å². The fraction of sp³-hybridized carbons (Fsp3) is 0.667. The van der Waals surface area contributed by atoms with E-state index in [1.54, 1.807) is 4.90 Å². The number of rotatable bonds is 7. The molecule has 1 atom stereocenters. The lowest BCUT2D eigenvalue weighted by atomic mass is 9.92. The number of nitrogens with one attached hydrogen (secondary N) is 1. The van der Waals surface area contributed by atoms with E-state index in [4.69, 9.17) is 0 Å². The first-order valence-electron chi connectivity index (χ1n) is 11.4. The largest absolute Gasteiger partial charge is 0.354 e. The monoisotopic (exact) mass is 399 g/mol. The number of likely N-dealkylation sites (tertiary alicyclic amines) is 1. The third-order valence-electron chi connectivity index (χ3n) is 6.10. The minimum atomic E-state index is -0.394. The molecule has 0 saturated carbocycles. The van der Waals surface area contributed by atoms with E-state index in [1.807, 2.05) is 26.0 Å². The van der Waals surface area contributed by atoms with Crippen molar-refractivity contribution in [2.75, 3.05) is 26.2 Å². The van der Waals surface area contributed by atoms with Gasteiger partial charge in [-0.15, -0.1) is 0 Å². The zero-order chi connectivity index (χ0) is 20.6. The molecule has 3 rings (SSSR count). The van der Waals surface area contributed by atoms with E-state index in [0.717, 1.165) is 18.5 Å². The molecule has 2 aliphatic rings. The smallest absolute Gasteiger partial charge is 0.243 e. The summed E-state index contributed by atoms with van der Waals surface area (Å²) in [4.78, 5) is 30.2. The van der Waals surface area contributed by atoms with Gasteiger partial charge < -0.3 is 15.1 Å². The number of nitrogens with zero attached hydrogens (tertiary/aromatic N) is 2. The van der Waals surface area contributed by atoms with Gasteiger partial charge in [0.15, 0.2) is 0 Å². The van der Waals surface area contributed by atoms with Crippen LogP contribution < -0.4 is 5.32 Å². The standard InChI is InChI=1S/C24H37N3O2/c1-19(2)16-23(28)27-18-21-11-6-5-10-20(21)17-22(27)24(29)25-12-9-15-26-13-7-3-4-8-14-26/h5-6,10-11,19,22H,3-4,7-9,12-18H2,1-2H3,(H,25,29). The minimum absolute atomic E-state index is 0.00697. The number of hydrogen-bond donors (Lipinski definition) is 1. The number of carbonyl (C=O) groups excluding carboxylic acids is 2. The number of fused-ring (bicyclic) bond motifs is 1. The van der Waals surface area contributed by atoms with Gasteiger partial charge in [0.05, 0.1) is 0 Å². The molecule has 160 valence electrons. The van der Waals surface area contributed by atoms with Gasteiger partial charge in [-0.25, -0.2) is 0 Å². The van der Waals surface area contributed by atoms with E-state index in [2.05, 4.69) is 22.3 Å². The Morgan fingerprint density at radius 3 is 2.45 bits per heavy atom. The molecule has 0 spiro atoms. The van der Waals surface area contributed by atoms with Crippen molar-refractivity contribution in [1.29, 1.82) is 0 Å². The average Bonchev–Trinajstić information content (AvgIpc) is 2.98. The van der Waals surface area contributed by atoms with E-state index < -0.39 is 6.04 Å². The highest BCUT2D eigenvalue weighted by Crippen LogP contribution is 2.25. The molecule has 0 radical (unpaired) electrons. The Morgan fingerprint density at radius 1 is 1.07 bits per heavy atom. The zero-order valence-electron chi connectivity index (χ0n) is 18.2. The predicted octanol–water partition coefficient (Wildman–Crippen LogP) is 3.37. The molecule has 0 aliphatic carbocycles. The summed E-state index contributed by atoms with van der Waals surface area (Å²) in [7, 11) is 0. The third-order valence-corrected chi connectivity index (χ3v) is 6.10. The lowest BCUT2D eigenvalue weighted by Gasteiger charge is -2.36. The van der Waals surface area contributed by atoms with Crippen LogP contribution in [0.15, 0.2) is 24.3 Å². The van der Waals surface area contributed by atoms with Gasteiger partial charge in [0, 0.05) is 25.9 Å². The molecule has 1 unspecified atom stereocenters. The molecule has 5 heteroatoms. The summed E-state index contributed by atoms with van der Waals surface area (Å²) >= 11 is 0. The Balaban J connectivity index is 1.56. The molecule has 1 saturated heterocycles. The van der Waals surface area contributed by atoms with Gasteiger partial charge in [0.1, 0.15) is 6.04 Å². The number of amides is 2. The van der Waals surface area contributed by atoms with Crippen LogP contribution >= 0.6 is 0 Å². The van der Waals surface area contributed by atoms with E-state index in [1.165, 1.54) is 44.3 Å². The number of carbonyl (C=O) groups is 2. The second-order valence-electron chi connectivity index (χ2n) is 9.01. The van der Waals surface area contributed by atoms with Crippen LogP contribution in [-0.4, -0.2) is 53.8 Å². The summed E-state index contributed by atoms with van der Waals surface area (Å²) in [6, 6.07) is 7.78. The maximum absolute atomic E-state index is 13.0. The number of benzene rings is 1. The van der Waals surface area contributed by atoms with Gasteiger partial charge in [-0.2, -0.15) is 0 Å². The Kier molecular flexibility index (Phi) is 8.10. The molecule has 2 amide bonds. The van der Waals surface area contributed by atoms with Gasteiger partial charge >= 0.3 is 0 Å². The molecule has 1 N–H and O–H groups in total.